The van der Waals surface area contributed by atoms with Gasteiger partial charge < -0.3 is 4.52 Å². The van der Waals surface area contributed by atoms with E-state index in [-0.39, 0.29) is 0 Å². The van der Waals surface area contributed by atoms with E-state index in [4.69, 9.17) is 4.52 Å². The zero-order chi connectivity index (χ0) is 19.2. The van der Waals surface area contributed by atoms with Gasteiger partial charge in [-0.1, -0.05) is 96.2 Å². The maximum Gasteiger partial charge on any atom is 0.227 e. The third-order valence-electron chi connectivity index (χ3n) is 4.92. The van der Waals surface area contributed by atoms with Crippen LogP contribution in [-0.2, 0) is 12.0 Å². The largest absolute Gasteiger partial charge is 0.339 e. The van der Waals surface area contributed by atoms with Gasteiger partial charge in [0.2, 0.25) is 5.89 Å². The SMILES string of the molecule is Cc1noc(CCNC(c2ccccc2)(c2ccccc2)c2ccccc2)n1. The third kappa shape index (κ3) is 3.59. The number of hydrogen-bond acceptors (Lipinski definition) is 4. The number of rotatable bonds is 7. The quantitative estimate of drug-likeness (QED) is 0.487. The highest BCUT2D eigenvalue weighted by Crippen LogP contribution is 2.36. The summed E-state index contributed by atoms with van der Waals surface area (Å²) in [6, 6.07) is 31.7. The summed E-state index contributed by atoms with van der Waals surface area (Å²) in [4.78, 5) is 4.33. The van der Waals surface area contributed by atoms with E-state index in [1.807, 2.05) is 25.1 Å². The lowest BCUT2D eigenvalue weighted by Crippen LogP contribution is -2.45. The van der Waals surface area contributed by atoms with E-state index in [0.717, 1.165) is 0 Å². The first-order chi connectivity index (χ1) is 13.8. The highest BCUT2D eigenvalue weighted by Gasteiger charge is 2.35. The van der Waals surface area contributed by atoms with Gasteiger partial charge in [-0.3, -0.25) is 5.32 Å². The molecule has 0 radical (unpaired) electrons. The van der Waals surface area contributed by atoms with Crippen molar-refractivity contribution in [3.8, 4) is 0 Å². The van der Waals surface area contributed by atoms with Crippen LogP contribution in [0, 0.1) is 6.92 Å². The molecule has 1 heterocycles. The van der Waals surface area contributed by atoms with Crippen molar-refractivity contribution < 1.29 is 4.52 Å². The van der Waals surface area contributed by atoms with Crippen LogP contribution in [0.3, 0.4) is 0 Å². The molecule has 3 aromatic carbocycles. The summed E-state index contributed by atoms with van der Waals surface area (Å²) < 4.78 is 5.30. The Bertz CT molecular complexity index is 901. The van der Waals surface area contributed by atoms with Crippen molar-refractivity contribution in [2.45, 2.75) is 18.9 Å². The Hall–Kier alpha value is -3.24. The van der Waals surface area contributed by atoms with Crippen LogP contribution >= 0.6 is 0 Å². The van der Waals surface area contributed by atoms with Gasteiger partial charge in [-0.25, -0.2) is 0 Å². The highest BCUT2D eigenvalue weighted by atomic mass is 16.5. The van der Waals surface area contributed by atoms with Gasteiger partial charge in [0.1, 0.15) is 0 Å². The van der Waals surface area contributed by atoms with Crippen LogP contribution in [-0.4, -0.2) is 16.7 Å². The molecule has 4 heteroatoms. The van der Waals surface area contributed by atoms with E-state index in [0.29, 0.717) is 24.7 Å². The minimum atomic E-state index is -0.473. The molecule has 0 fully saturated rings. The molecule has 28 heavy (non-hydrogen) atoms. The minimum absolute atomic E-state index is 0.473. The molecule has 0 atom stereocenters. The molecule has 4 rings (SSSR count). The van der Waals surface area contributed by atoms with Gasteiger partial charge in [-0.2, -0.15) is 4.98 Å². The normalized spacial score (nSPS) is 11.5. The van der Waals surface area contributed by atoms with E-state index >= 15 is 0 Å². The molecule has 0 spiro atoms. The van der Waals surface area contributed by atoms with E-state index in [1.54, 1.807) is 0 Å². The van der Waals surface area contributed by atoms with Crippen molar-refractivity contribution in [3.63, 3.8) is 0 Å². The van der Waals surface area contributed by atoms with Crippen LogP contribution in [0.1, 0.15) is 28.4 Å². The maximum atomic E-state index is 5.30. The highest BCUT2D eigenvalue weighted by molar-refractivity contribution is 5.49. The van der Waals surface area contributed by atoms with Crippen molar-refractivity contribution in [1.29, 1.82) is 0 Å². The van der Waals surface area contributed by atoms with Crippen molar-refractivity contribution >= 4 is 0 Å². The molecule has 1 aromatic heterocycles. The van der Waals surface area contributed by atoms with Gasteiger partial charge in [0.25, 0.3) is 0 Å². The Labute approximate surface area is 165 Å². The monoisotopic (exact) mass is 369 g/mol. The second kappa shape index (κ2) is 8.19. The fraction of sp³-hybridized carbons (Fsp3) is 0.167. The predicted octanol–water partition coefficient (Wildman–Crippen LogP) is 4.50. The molecular formula is C24H23N3O. The Balaban J connectivity index is 1.78. The van der Waals surface area contributed by atoms with E-state index in [2.05, 4.69) is 88.3 Å². The molecular weight excluding hydrogens is 346 g/mol. The van der Waals surface area contributed by atoms with Gasteiger partial charge in [0.15, 0.2) is 5.82 Å². The Morgan fingerprint density at radius 2 is 1.21 bits per heavy atom. The molecule has 0 aliphatic heterocycles. The van der Waals surface area contributed by atoms with Gasteiger partial charge in [0.05, 0.1) is 5.54 Å². The molecule has 0 saturated heterocycles. The summed E-state index contributed by atoms with van der Waals surface area (Å²) in [6.07, 6.45) is 0.662. The lowest BCUT2D eigenvalue weighted by Gasteiger charge is -2.37. The zero-order valence-corrected chi connectivity index (χ0v) is 15.9. The molecule has 0 bridgehead atoms. The fourth-order valence-electron chi connectivity index (χ4n) is 3.67. The van der Waals surface area contributed by atoms with E-state index < -0.39 is 5.54 Å². The first kappa shape index (κ1) is 18.1. The van der Waals surface area contributed by atoms with Crippen LogP contribution in [0.15, 0.2) is 95.5 Å². The van der Waals surface area contributed by atoms with Crippen LogP contribution < -0.4 is 5.32 Å². The Kier molecular flexibility index (Phi) is 5.31. The van der Waals surface area contributed by atoms with E-state index in [9.17, 15) is 0 Å². The summed E-state index contributed by atoms with van der Waals surface area (Å²) in [5.74, 6) is 1.31. The van der Waals surface area contributed by atoms with Crippen molar-refractivity contribution in [3.05, 3.63) is 119 Å². The lowest BCUT2D eigenvalue weighted by molar-refractivity contribution is 0.365. The second-order valence-corrected chi connectivity index (χ2v) is 6.76. The Morgan fingerprint density at radius 3 is 1.61 bits per heavy atom. The number of benzene rings is 3. The number of hydrogen-bond donors (Lipinski definition) is 1. The van der Waals surface area contributed by atoms with Crippen LogP contribution in [0.25, 0.3) is 0 Å². The summed E-state index contributed by atoms with van der Waals surface area (Å²) >= 11 is 0. The van der Waals surface area contributed by atoms with Gasteiger partial charge in [0, 0.05) is 13.0 Å². The fourth-order valence-corrected chi connectivity index (χ4v) is 3.67. The summed E-state index contributed by atoms with van der Waals surface area (Å²) in [7, 11) is 0. The van der Waals surface area contributed by atoms with E-state index in [1.165, 1.54) is 16.7 Å². The second-order valence-electron chi connectivity index (χ2n) is 6.76. The molecule has 0 amide bonds. The predicted molar refractivity (Wildman–Crippen MR) is 110 cm³/mol. The van der Waals surface area contributed by atoms with Crippen LogP contribution in [0.2, 0.25) is 0 Å². The van der Waals surface area contributed by atoms with Crippen molar-refractivity contribution in [2.75, 3.05) is 6.54 Å². The standard InChI is InChI=1S/C24H23N3O/c1-19-26-23(28-27-19)17-18-25-24(20-11-5-2-6-12-20,21-13-7-3-8-14-21)22-15-9-4-10-16-22/h2-16,25H,17-18H2,1H3. The number of nitrogens with zero attached hydrogens (tertiary/aromatic N) is 2. The maximum absolute atomic E-state index is 5.30. The average Bonchev–Trinajstić information content (AvgIpc) is 3.18. The van der Waals surface area contributed by atoms with Crippen LogP contribution in [0.5, 0.6) is 0 Å². The van der Waals surface area contributed by atoms with Crippen molar-refractivity contribution in [2.24, 2.45) is 0 Å². The van der Waals surface area contributed by atoms with Gasteiger partial charge in [-0.15, -0.1) is 0 Å². The number of aromatic nitrogens is 2. The number of nitrogens with one attached hydrogen (secondary N) is 1. The Morgan fingerprint density at radius 1 is 0.750 bits per heavy atom. The van der Waals surface area contributed by atoms with Crippen LogP contribution in [0.4, 0.5) is 0 Å². The van der Waals surface area contributed by atoms with Gasteiger partial charge in [-0.05, 0) is 23.6 Å². The topological polar surface area (TPSA) is 51.0 Å². The molecule has 0 saturated carbocycles. The molecule has 1 N–H and O–H groups in total. The van der Waals surface area contributed by atoms with Crippen molar-refractivity contribution in [1.82, 2.24) is 15.5 Å². The molecule has 4 aromatic rings. The molecule has 0 unspecified atom stereocenters. The molecule has 0 aliphatic carbocycles. The summed E-state index contributed by atoms with van der Waals surface area (Å²) in [6.45, 7) is 2.53. The molecule has 4 nitrogen and oxygen atoms in total. The third-order valence-corrected chi connectivity index (χ3v) is 4.92. The lowest BCUT2D eigenvalue weighted by atomic mass is 9.77. The summed E-state index contributed by atoms with van der Waals surface area (Å²) in [5, 5.41) is 7.70. The molecule has 0 aliphatic rings. The minimum Gasteiger partial charge on any atom is -0.339 e. The smallest absolute Gasteiger partial charge is 0.227 e. The average molecular weight is 369 g/mol. The number of aryl methyl sites for hydroxylation is 1. The zero-order valence-electron chi connectivity index (χ0n) is 15.9. The first-order valence-corrected chi connectivity index (χ1v) is 9.50. The van der Waals surface area contributed by atoms with Gasteiger partial charge >= 0.3 is 0 Å². The molecule has 140 valence electrons. The first-order valence-electron chi connectivity index (χ1n) is 9.50. The summed E-state index contributed by atoms with van der Waals surface area (Å²) in [5.41, 5.74) is 3.09.